The first-order valence-electron chi connectivity index (χ1n) is 23.9. The van der Waals surface area contributed by atoms with Crippen LogP contribution in [-0.4, -0.2) is 24.9 Å². The molecule has 0 aliphatic rings. The number of hydrogen-bond donors (Lipinski definition) is 0. The van der Waals surface area contributed by atoms with Crippen molar-refractivity contribution < 1.29 is 45.9 Å². The molecule has 0 saturated carbocycles. The van der Waals surface area contributed by atoms with Gasteiger partial charge in [-0.25, -0.2) is 17.7 Å². The van der Waals surface area contributed by atoms with Crippen molar-refractivity contribution in [1.82, 2.24) is 24.9 Å². The van der Waals surface area contributed by atoms with Gasteiger partial charge in [-0.1, -0.05) is 137 Å². The Morgan fingerprint density at radius 1 is 0.320 bits per heavy atom. The normalized spacial score (nSPS) is 10.7. The zero-order valence-corrected chi connectivity index (χ0v) is 44.6. The fourth-order valence-corrected chi connectivity index (χ4v) is 9.07. The molecule has 8 heteroatoms. The molecule has 358 valence electrons. The molecule has 0 atom stereocenters. The number of benzene rings is 8. The molecule has 0 aliphatic carbocycles. The number of pyridine rings is 3. The third kappa shape index (κ3) is 11.0. The largest absolute Gasteiger partial charge is 3.00 e. The van der Waals surface area contributed by atoms with E-state index in [1.54, 1.807) is 18.3 Å². The topological polar surface area (TPSA) is 73.7 Å². The minimum Gasteiger partial charge on any atom is -0.423 e. The Morgan fingerprint density at radius 3 is 1.25 bits per heavy atom. The molecule has 6 nitrogen and oxygen atoms in total. The summed E-state index contributed by atoms with van der Waals surface area (Å²) in [6.45, 7) is 0. The minimum absolute atomic E-state index is 0. The molecule has 0 radical (unpaired) electrons. The van der Waals surface area contributed by atoms with Crippen LogP contribution in [-0.2, 0) is 41.2 Å². The summed E-state index contributed by atoms with van der Waals surface area (Å²) in [5.74, 6) is 1.22. The predicted molar refractivity (Wildman–Crippen MR) is 290 cm³/mol. The molecule has 0 aliphatic heterocycles. The maximum atomic E-state index is 6.14. The van der Waals surface area contributed by atoms with E-state index in [9.17, 15) is 0 Å². The molecule has 0 spiro atoms. The molecule has 75 heavy (non-hydrogen) atoms. The zero-order chi connectivity index (χ0) is 48.8. The SMILES string of the molecule is [Ir+3].[Pt+2].[c-]1cc(-c2ccccc2-c2cc(-c3ccccc3-c3c[c-]c(-c4ccccn4)cc3)cc(-c3ccccc3-c3c[c-]c(-c4ccccn4)cc3)c2)c[c-]c1-c1nccc(Oc2cccc(-c3[c-]cccc3)n2)n1. The Morgan fingerprint density at radius 2 is 0.773 bits per heavy atom. The molecule has 0 N–H and O–H groups in total. The van der Waals surface area contributed by atoms with Gasteiger partial charge in [-0.05, 0) is 92.7 Å². The summed E-state index contributed by atoms with van der Waals surface area (Å²) in [4.78, 5) is 23.1. The summed E-state index contributed by atoms with van der Waals surface area (Å²) in [6, 6.07) is 93.2. The van der Waals surface area contributed by atoms with Crippen molar-refractivity contribution in [3.63, 3.8) is 0 Å². The zero-order valence-electron chi connectivity index (χ0n) is 39.9. The number of rotatable bonds is 12. The van der Waals surface area contributed by atoms with Gasteiger partial charge in [-0.3, -0.25) is 22.1 Å². The summed E-state index contributed by atoms with van der Waals surface area (Å²) in [5.41, 5.74) is 18.7. The van der Waals surface area contributed by atoms with Gasteiger partial charge in [0.2, 0.25) is 11.8 Å². The van der Waals surface area contributed by atoms with E-state index in [-0.39, 0.29) is 41.2 Å². The monoisotopic (exact) mass is 1320 g/mol. The summed E-state index contributed by atoms with van der Waals surface area (Å²) >= 11 is 0. The maximum absolute atomic E-state index is 6.14. The second-order valence-electron chi connectivity index (χ2n) is 17.2. The van der Waals surface area contributed by atoms with Gasteiger partial charge in [-0.2, -0.15) is 5.56 Å². The average molecular weight is 1320 g/mol. The van der Waals surface area contributed by atoms with Crippen LogP contribution in [0.1, 0.15) is 0 Å². The summed E-state index contributed by atoms with van der Waals surface area (Å²) < 4.78 is 6.14. The Kier molecular flexibility index (Phi) is 15.4. The Labute approximate surface area is 464 Å². The van der Waals surface area contributed by atoms with Crippen molar-refractivity contribution in [3.8, 4) is 124 Å². The van der Waals surface area contributed by atoms with Crippen molar-refractivity contribution in [2.75, 3.05) is 0 Å². The van der Waals surface area contributed by atoms with Crippen molar-refractivity contribution in [2.24, 2.45) is 0 Å². The van der Waals surface area contributed by atoms with Gasteiger partial charge >= 0.3 is 41.2 Å². The molecule has 0 fully saturated rings. The minimum atomic E-state index is 0. The standard InChI is InChI=1S/C67H40N5O.Ir.Pt/c1-2-15-49(16-3-1)64-25-14-26-65(71-64)73-66-39-42-70-67(72-66)52-37-31-48(32-38-52)58-19-6-9-22-61(58)55-44-53(59-20-7-4-17-56(59)46-27-33-50(34-28-46)62-23-10-12-40-68-62)43-54(45-55)60-21-8-5-18-57(60)47-29-35-51(36-30-47)63-24-11-13-41-69-63;;/h1-15,17-33,35,39-45H;;/q-5;+3;+2. The van der Waals surface area contributed by atoms with Gasteiger partial charge in [0.1, 0.15) is 0 Å². The van der Waals surface area contributed by atoms with Crippen LogP contribution in [0.25, 0.3) is 112 Å². The second kappa shape index (κ2) is 23.1. The molecule has 4 heterocycles. The molecule has 4 aromatic heterocycles. The molecule has 0 bridgehead atoms. The average Bonchev–Trinajstić information content (AvgIpc) is 3.48. The molecule has 0 unspecified atom stereocenters. The van der Waals surface area contributed by atoms with Crippen LogP contribution in [0.15, 0.2) is 243 Å². The van der Waals surface area contributed by atoms with Gasteiger partial charge in [0.05, 0.1) is 0 Å². The van der Waals surface area contributed by atoms with E-state index in [2.05, 4.69) is 178 Å². The fourth-order valence-electron chi connectivity index (χ4n) is 9.07. The van der Waals surface area contributed by atoms with Crippen LogP contribution in [0.5, 0.6) is 11.8 Å². The first-order valence-corrected chi connectivity index (χ1v) is 23.9. The van der Waals surface area contributed by atoms with E-state index in [1.807, 2.05) is 97.3 Å². The van der Waals surface area contributed by atoms with Gasteiger partial charge in [-0.15, -0.1) is 95.6 Å². The van der Waals surface area contributed by atoms with Crippen LogP contribution in [0.3, 0.4) is 0 Å². The third-order valence-corrected chi connectivity index (χ3v) is 12.6. The molecule has 12 rings (SSSR count). The van der Waals surface area contributed by atoms with E-state index in [0.29, 0.717) is 23.1 Å². The van der Waals surface area contributed by atoms with E-state index in [4.69, 9.17) is 9.72 Å². The molecular weight excluding hydrogens is 1280 g/mol. The summed E-state index contributed by atoms with van der Waals surface area (Å²) in [5, 5.41) is 0. The van der Waals surface area contributed by atoms with Crippen molar-refractivity contribution in [2.45, 2.75) is 0 Å². The molecule has 12 aromatic rings. The van der Waals surface area contributed by atoms with Crippen LogP contribution in [0, 0.1) is 30.3 Å². The van der Waals surface area contributed by atoms with Crippen LogP contribution in [0.4, 0.5) is 0 Å². The van der Waals surface area contributed by atoms with Gasteiger partial charge < -0.3 is 19.7 Å². The van der Waals surface area contributed by atoms with E-state index < -0.39 is 0 Å². The second-order valence-corrected chi connectivity index (χ2v) is 17.2. The number of aromatic nitrogens is 5. The smallest absolute Gasteiger partial charge is 0.423 e. The molecule has 0 saturated heterocycles. The van der Waals surface area contributed by atoms with Gasteiger partial charge in [0, 0.05) is 24.7 Å². The van der Waals surface area contributed by atoms with E-state index >= 15 is 0 Å². The van der Waals surface area contributed by atoms with E-state index in [0.717, 1.165) is 101 Å². The Balaban J connectivity index is 0.00000321. The van der Waals surface area contributed by atoms with Gasteiger partial charge in [0.25, 0.3) is 0 Å². The third-order valence-electron chi connectivity index (χ3n) is 12.6. The molecule has 8 aromatic carbocycles. The Bertz CT molecular complexity index is 3720. The van der Waals surface area contributed by atoms with Crippen molar-refractivity contribution in [1.29, 1.82) is 0 Å². The first kappa shape index (κ1) is 50.0. The molecule has 0 amide bonds. The predicted octanol–water partition coefficient (Wildman–Crippen LogP) is 16.1. The molecular formula is C67H40IrN5OPt. The Hall–Kier alpha value is -8.57. The van der Waals surface area contributed by atoms with Gasteiger partial charge in [0.15, 0.2) is 0 Å². The van der Waals surface area contributed by atoms with Crippen molar-refractivity contribution >= 4 is 0 Å². The fraction of sp³-hybridized carbons (Fsp3) is 0. The quantitative estimate of drug-likeness (QED) is 0.114. The summed E-state index contributed by atoms with van der Waals surface area (Å²) in [6.07, 6.45) is 5.29. The van der Waals surface area contributed by atoms with Crippen LogP contribution in [0.2, 0.25) is 0 Å². The van der Waals surface area contributed by atoms with E-state index in [1.165, 1.54) is 0 Å². The maximum Gasteiger partial charge on any atom is 3.00 e. The van der Waals surface area contributed by atoms with Crippen LogP contribution < -0.4 is 4.74 Å². The van der Waals surface area contributed by atoms with Crippen molar-refractivity contribution in [3.05, 3.63) is 273 Å². The number of hydrogen-bond acceptors (Lipinski definition) is 6. The van der Waals surface area contributed by atoms with Crippen LogP contribution >= 0.6 is 0 Å². The number of nitrogens with zero attached hydrogens (tertiary/aromatic N) is 5. The number of ether oxygens (including phenoxy) is 1. The summed E-state index contributed by atoms with van der Waals surface area (Å²) in [7, 11) is 0. The first-order chi connectivity index (χ1) is 36.2.